The molecule has 0 radical (unpaired) electrons. The third-order valence-corrected chi connectivity index (χ3v) is 4.11. The van der Waals surface area contributed by atoms with Crippen LogP contribution < -0.4 is 26.0 Å². The van der Waals surface area contributed by atoms with Crippen molar-refractivity contribution in [3.63, 3.8) is 0 Å². The molecule has 1 aromatic rings. The first-order chi connectivity index (χ1) is 11.6. The van der Waals surface area contributed by atoms with Crippen molar-refractivity contribution in [2.45, 2.75) is 32.2 Å². The Morgan fingerprint density at radius 3 is 2.80 bits per heavy atom. The maximum Gasteiger partial charge on any atom is 0.322 e. The van der Waals surface area contributed by atoms with Crippen LogP contribution in [-0.2, 0) is 0 Å². The number of methoxy groups -OCH3 is 1. The lowest BCUT2D eigenvalue weighted by Crippen LogP contribution is -2.40. The van der Waals surface area contributed by atoms with Crippen LogP contribution in [0.3, 0.4) is 0 Å². The van der Waals surface area contributed by atoms with Gasteiger partial charge in [0.1, 0.15) is 5.75 Å². The van der Waals surface area contributed by atoms with Crippen molar-refractivity contribution >= 4 is 30.0 Å². The molecule has 1 unspecified atom stereocenters. The number of halogens is 1. The van der Waals surface area contributed by atoms with E-state index in [2.05, 4.69) is 17.6 Å². The number of hydrogen-bond acceptors (Lipinski definition) is 4. The van der Waals surface area contributed by atoms with Gasteiger partial charge in [-0.1, -0.05) is 19.8 Å². The number of amides is 3. The average Bonchev–Trinajstić information content (AvgIpc) is 3.03. The van der Waals surface area contributed by atoms with E-state index in [9.17, 15) is 9.59 Å². The summed E-state index contributed by atoms with van der Waals surface area (Å²) in [7, 11) is 1.54. The summed E-state index contributed by atoms with van der Waals surface area (Å²) in [5.41, 5.74) is 6.82. The Morgan fingerprint density at radius 1 is 1.48 bits per heavy atom. The highest BCUT2D eigenvalue weighted by molar-refractivity contribution is 6.00. The Kier molecular flexibility index (Phi) is 8.51. The lowest BCUT2D eigenvalue weighted by atomic mass is 10.1. The van der Waals surface area contributed by atoms with Crippen molar-refractivity contribution in [3.05, 3.63) is 23.8 Å². The van der Waals surface area contributed by atoms with Crippen molar-refractivity contribution in [1.82, 2.24) is 10.6 Å². The lowest BCUT2D eigenvalue weighted by molar-refractivity contribution is 0.0935. The second-order valence-corrected chi connectivity index (χ2v) is 5.82. The normalized spacial score (nSPS) is 14.5. The monoisotopic (exact) mass is 370 g/mol. The molecule has 25 heavy (non-hydrogen) atoms. The highest BCUT2D eigenvalue weighted by atomic mass is 35.5. The number of carbonyl (C=O) groups excluding carboxylic acids is 2. The fourth-order valence-electron chi connectivity index (χ4n) is 2.71. The molecule has 1 saturated heterocycles. The maximum atomic E-state index is 12.5. The minimum absolute atomic E-state index is 0. The van der Waals surface area contributed by atoms with Crippen molar-refractivity contribution in [2.75, 3.05) is 31.6 Å². The molecule has 1 aliphatic rings. The van der Waals surface area contributed by atoms with Crippen LogP contribution in [0.15, 0.2) is 18.2 Å². The second kappa shape index (κ2) is 10.1. The van der Waals surface area contributed by atoms with Gasteiger partial charge in [-0.2, -0.15) is 0 Å². The number of ether oxygens (including phenoxy) is 1. The van der Waals surface area contributed by atoms with Gasteiger partial charge in [-0.25, -0.2) is 4.79 Å². The highest BCUT2D eigenvalue weighted by Crippen LogP contribution is 2.30. The third-order valence-electron chi connectivity index (χ3n) is 4.11. The van der Waals surface area contributed by atoms with Crippen LogP contribution in [0.2, 0.25) is 0 Å². The molecule has 0 saturated carbocycles. The number of nitrogens with two attached hydrogens (primary N) is 1. The quantitative estimate of drug-likeness (QED) is 0.651. The molecule has 3 amide bonds. The molecule has 7 nitrogen and oxygen atoms in total. The van der Waals surface area contributed by atoms with Crippen molar-refractivity contribution < 1.29 is 14.3 Å². The number of hydrogen-bond donors (Lipinski definition) is 3. The number of benzene rings is 1. The van der Waals surface area contributed by atoms with Gasteiger partial charge in [-0.15, -0.1) is 12.4 Å². The summed E-state index contributed by atoms with van der Waals surface area (Å²) in [6.45, 7) is 3.63. The van der Waals surface area contributed by atoms with Gasteiger partial charge >= 0.3 is 6.03 Å². The molecule has 8 heteroatoms. The smallest absolute Gasteiger partial charge is 0.322 e. The van der Waals surface area contributed by atoms with Crippen LogP contribution in [-0.4, -0.2) is 44.7 Å². The lowest BCUT2D eigenvalue weighted by Gasteiger charge is -2.20. The fraction of sp³-hybridized carbons (Fsp3) is 0.529. The van der Waals surface area contributed by atoms with Crippen molar-refractivity contribution in [3.8, 4) is 5.75 Å². The summed E-state index contributed by atoms with van der Waals surface area (Å²) in [5, 5.41) is 5.71. The van der Waals surface area contributed by atoms with E-state index < -0.39 is 0 Å². The van der Waals surface area contributed by atoms with Gasteiger partial charge in [-0.3, -0.25) is 9.69 Å². The Hall–Kier alpha value is -1.99. The van der Waals surface area contributed by atoms with E-state index in [-0.39, 0.29) is 30.4 Å². The topological polar surface area (TPSA) is 96.7 Å². The first-order valence-corrected chi connectivity index (χ1v) is 8.35. The molecule has 1 fully saturated rings. The number of carbonyl (C=O) groups is 2. The van der Waals surface area contributed by atoms with E-state index in [0.29, 0.717) is 36.6 Å². The zero-order chi connectivity index (χ0) is 17.5. The molecular weight excluding hydrogens is 344 g/mol. The molecule has 0 spiro atoms. The molecule has 1 atom stereocenters. The predicted molar refractivity (Wildman–Crippen MR) is 101 cm³/mol. The van der Waals surface area contributed by atoms with E-state index in [1.807, 2.05) is 0 Å². The fourth-order valence-corrected chi connectivity index (χ4v) is 2.71. The summed E-state index contributed by atoms with van der Waals surface area (Å²) >= 11 is 0. The summed E-state index contributed by atoms with van der Waals surface area (Å²) in [6.07, 6.45) is 2.93. The van der Waals surface area contributed by atoms with Gasteiger partial charge in [0.15, 0.2) is 0 Å². The number of unbranched alkanes of at least 4 members (excludes halogenated alkanes) is 1. The number of nitrogens with zero attached hydrogens (tertiary/aromatic N) is 1. The summed E-state index contributed by atoms with van der Waals surface area (Å²) in [5.74, 6) is 0.370. The van der Waals surface area contributed by atoms with Gasteiger partial charge in [0.2, 0.25) is 0 Å². The number of anilines is 1. The van der Waals surface area contributed by atoms with Gasteiger partial charge in [0.25, 0.3) is 5.91 Å². The standard InChI is InChI=1S/C17H26N4O3.ClH/c1-3-4-5-13(11-18)20-16(22)12-6-7-15(24-2)14(10-12)21-9-8-19-17(21)23;/h6-7,10,13H,3-5,8-9,11,18H2,1-2H3,(H,19,23)(H,20,22);1H. The zero-order valence-electron chi connectivity index (χ0n) is 14.7. The SMILES string of the molecule is CCCCC(CN)NC(=O)c1ccc(OC)c(N2CCNC2=O)c1.Cl. The van der Waals surface area contributed by atoms with Gasteiger partial charge < -0.3 is 21.1 Å². The van der Waals surface area contributed by atoms with Crippen molar-refractivity contribution in [2.24, 2.45) is 5.73 Å². The highest BCUT2D eigenvalue weighted by Gasteiger charge is 2.25. The molecule has 4 N–H and O–H groups in total. The summed E-state index contributed by atoms with van der Waals surface area (Å²) in [6, 6.07) is 4.86. The number of urea groups is 1. The minimum Gasteiger partial charge on any atom is -0.495 e. The van der Waals surface area contributed by atoms with Crippen LogP contribution in [0.4, 0.5) is 10.5 Å². The molecule has 2 rings (SSSR count). The van der Waals surface area contributed by atoms with E-state index in [4.69, 9.17) is 10.5 Å². The van der Waals surface area contributed by atoms with Gasteiger partial charge in [0.05, 0.1) is 12.8 Å². The van der Waals surface area contributed by atoms with Gasteiger partial charge in [-0.05, 0) is 24.6 Å². The number of nitrogens with one attached hydrogen (secondary N) is 2. The second-order valence-electron chi connectivity index (χ2n) is 5.82. The molecule has 1 heterocycles. The van der Waals surface area contributed by atoms with Crippen LogP contribution in [0.25, 0.3) is 0 Å². The van der Waals surface area contributed by atoms with Crippen molar-refractivity contribution in [1.29, 1.82) is 0 Å². The molecule has 0 aromatic heterocycles. The molecule has 0 aliphatic carbocycles. The van der Waals surface area contributed by atoms with E-state index >= 15 is 0 Å². The van der Waals surface area contributed by atoms with E-state index in [1.54, 1.807) is 30.2 Å². The molecule has 0 bridgehead atoms. The Bertz CT molecular complexity index is 597. The summed E-state index contributed by atoms with van der Waals surface area (Å²) in [4.78, 5) is 26.0. The van der Waals surface area contributed by atoms with Crippen LogP contribution in [0.1, 0.15) is 36.5 Å². The Morgan fingerprint density at radius 2 is 2.24 bits per heavy atom. The Balaban J connectivity index is 0.00000312. The Labute approximate surface area is 154 Å². The summed E-state index contributed by atoms with van der Waals surface area (Å²) < 4.78 is 5.32. The average molecular weight is 371 g/mol. The molecule has 140 valence electrons. The predicted octanol–water partition coefficient (Wildman–Crippen LogP) is 1.89. The van der Waals surface area contributed by atoms with Crippen LogP contribution in [0.5, 0.6) is 5.75 Å². The van der Waals surface area contributed by atoms with Crippen LogP contribution >= 0.6 is 12.4 Å². The first kappa shape index (κ1) is 21.1. The van der Waals surface area contributed by atoms with Crippen LogP contribution in [0, 0.1) is 0 Å². The van der Waals surface area contributed by atoms with E-state index in [1.165, 1.54) is 0 Å². The zero-order valence-corrected chi connectivity index (χ0v) is 15.5. The first-order valence-electron chi connectivity index (χ1n) is 8.35. The third kappa shape index (κ3) is 5.24. The molecular formula is C17H27ClN4O3. The van der Waals surface area contributed by atoms with E-state index in [0.717, 1.165) is 19.3 Å². The minimum atomic E-state index is -0.190. The molecule has 1 aromatic carbocycles. The maximum absolute atomic E-state index is 12.5. The number of rotatable bonds is 8. The van der Waals surface area contributed by atoms with Gasteiger partial charge in [0, 0.05) is 31.2 Å². The largest absolute Gasteiger partial charge is 0.495 e. The molecule has 1 aliphatic heterocycles.